The molecule has 1 aliphatic rings. The van der Waals surface area contributed by atoms with Gasteiger partial charge >= 0.3 is 0 Å². The van der Waals surface area contributed by atoms with E-state index >= 15 is 0 Å². The standard InChI is InChI=1S/C17H22N4/c1-13-5-7-14(8-6-13)12-21-11-3-2-4-16(21)15-9-10-19-17(18)20-15/h5-10,16H,2-4,11-12H2,1H3,(H2,18,19,20)/t16-/m1/s1. The molecular weight excluding hydrogens is 260 g/mol. The molecule has 2 N–H and O–H groups in total. The highest BCUT2D eigenvalue weighted by atomic mass is 15.2. The summed E-state index contributed by atoms with van der Waals surface area (Å²) in [4.78, 5) is 10.9. The van der Waals surface area contributed by atoms with Crippen LogP contribution >= 0.6 is 0 Å². The number of hydrogen-bond donors (Lipinski definition) is 1. The summed E-state index contributed by atoms with van der Waals surface area (Å²) < 4.78 is 0. The zero-order valence-electron chi connectivity index (χ0n) is 12.5. The van der Waals surface area contributed by atoms with Crippen LogP contribution < -0.4 is 5.73 Å². The van der Waals surface area contributed by atoms with E-state index in [-0.39, 0.29) is 0 Å². The monoisotopic (exact) mass is 282 g/mol. The number of rotatable bonds is 3. The van der Waals surface area contributed by atoms with E-state index in [1.54, 1.807) is 6.20 Å². The summed E-state index contributed by atoms with van der Waals surface area (Å²) in [5.74, 6) is 0.369. The minimum absolute atomic E-state index is 0.352. The minimum atomic E-state index is 0.352. The maximum absolute atomic E-state index is 5.74. The molecule has 4 nitrogen and oxygen atoms in total. The van der Waals surface area contributed by atoms with Crippen molar-refractivity contribution in [1.82, 2.24) is 14.9 Å². The Balaban J connectivity index is 1.79. The molecule has 0 radical (unpaired) electrons. The van der Waals surface area contributed by atoms with Crippen LogP contribution in [0.25, 0.3) is 0 Å². The van der Waals surface area contributed by atoms with Gasteiger partial charge in [-0.3, -0.25) is 4.90 Å². The Kier molecular flexibility index (Phi) is 4.15. The summed E-state index contributed by atoms with van der Waals surface area (Å²) in [6.07, 6.45) is 5.40. The first kappa shape index (κ1) is 14.0. The van der Waals surface area contributed by atoms with E-state index < -0.39 is 0 Å². The van der Waals surface area contributed by atoms with E-state index in [2.05, 4.69) is 46.1 Å². The van der Waals surface area contributed by atoms with Crippen molar-refractivity contribution in [2.75, 3.05) is 12.3 Å². The Bertz CT molecular complexity index is 594. The lowest BCUT2D eigenvalue weighted by Crippen LogP contribution is -2.33. The van der Waals surface area contributed by atoms with Crippen LogP contribution in [0.3, 0.4) is 0 Å². The molecule has 1 saturated heterocycles. The fraction of sp³-hybridized carbons (Fsp3) is 0.412. The number of nitrogens with zero attached hydrogens (tertiary/aromatic N) is 3. The van der Waals surface area contributed by atoms with Crippen LogP contribution in [0, 0.1) is 6.92 Å². The van der Waals surface area contributed by atoms with Crippen LogP contribution in [-0.2, 0) is 6.54 Å². The van der Waals surface area contributed by atoms with E-state index in [4.69, 9.17) is 5.73 Å². The Hall–Kier alpha value is -1.94. The molecule has 110 valence electrons. The molecule has 3 rings (SSSR count). The molecule has 0 amide bonds. The molecule has 2 heterocycles. The van der Waals surface area contributed by atoms with Crippen molar-refractivity contribution >= 4 is 5.95 Å². The van der Waals surface area contributed by atoms with Gasteiger partial charge in [0.25, 0.3) is 0 Å². The lowest BCUT2D eigenvalue weighted by molar-refractivity contribution is 0.137. The van der Waals surface area contributed by atoms with Crippen molar-refractivity contribution in [3.63, 3.8) is 0 Å². The smallest absolute Gasteiger partial charge is 0.220 e. The van der Waals surface area contributed by atoms with Gasteiger partial charge in [0.15, 0.2) is 0 Å². The number of nitrogens with two attached hydrogens (primary N) is 1. The summed E-state index contributed by atoms with van der Waals surface area (Å²) in [5.41, 5.74) is 9.45. The van der Waals surface area contributed by atoms with Gasteiger partial charge in [-0.25, -0.2) is 9.97 Å². The maximum atomic E-state index is 5.74. The molecule has 2 aromatic rings. The molecule has 0 aliphatic carbocycles. The number of piperidine rings is 1. The molecule has 1 atom stereocenters. The van der Waals surface area contributed by atoms with E-state index in [0.717, 1.165) is 25.2 Å². The third-order valence-corrected chi connectivity index (χ3v) is 4.16. The first-order valence-corrected chi connectivity index (χ1v) is 7.60. The van der Waals surface area contributed by atoms with Crippen molar-refractivity contribution in [3.05, 3.63) is 53.3 Å². The van der Waals surface area contributed by atoms with Gasteiger partial charge < -0.3 is 5.73 Å². The largest absolute Gasteiger partial charge is 0.368 e. The van der Waals surface area contributed by atoms with E-state index in [1.807, 2.05) is 6.07 Å². The summed E-state index contributed by atoms with van der Waals surface area (Å²) in [6.45, 7) is 4.20. The van der Waals surface area contributed by atoms with Crippen molar-refractivity contribution in [3.8, 4) is 0 Å². The molecule has 4 heteroatoms. The molecule has 1 aromatic carbocycles. The quantitative estimate of drug-likeness (QED) is 0.940. The van der Waals surface area contributed by atoms with Gasteiger partial charge in [-0.1, -0.05) is 36.2 Å². The van der Waals surface area contributed by atoms with Gasteiger partial charge in [-0.2, -0.15) is 0 Å². The second kappa shape index (κ2) is 6.22. The molecule has 0 bridgehead atoms. The average molecular weight is 282 g/mol. The molecule has 1 aromatic heterocycles. The first-order chi connectivity index (χ1) is 10.2. The van der Waals surface area contributed by atoms with Crippen LogP contribution in [0.15, 0.2) is 36.5 Å². The van der Waals surface area contributed by atoms with Crippen LogP contribution in [0.5, 0.6) is 0 Å². The highest BCUT2D eigenvalue weighted by molar-refractivity contribution is 5.23. The third-order valence-electron chi connectivity index (χ3n) is 4.16. The molecule has 1 fully saturated rings. The number of aromatic nitrogens is 2. The number of benzene rings is 1. The number of nitrogen functional groups attached to an aromatic ring is 1. The SMILES string of the molecule is Cc1ccc(CN2CCCC[C@@H]2c2ccnc(N)n2)cc1. The fourth-order valence-electron chi connectivity index (χ4n) is 3.02. The Morgan fingerprint density at radius 1 is 1.19 bits per heavy atom. The van der Waals surface area contributed by atoms with Crippen LogP contribution in [-0.4, -0.2) is 21.4 Å². The van der Waals surface area contributed by atoms with E-state index in [1.165, 1.54) is 24.0 Å². The van der Waals surface area contributed by atoms with Crippen molar-refractivity contribution < 1.29 is 0 Å². The summed E-state index contributed by atoms with van der Waals surface area (Å²) in [5, 5.41) is 0. The number of anilines is 1. The zero-order valence-corrected chi connectivity index (χ0v) is 12.5. The molecule has 0 saturated carbocycles. The van der Waals surface area contributed by atoms with Gasteiger partial charge in [-0.15, -0.1) is 0 Å². The number of aryl methyl sites for hydroxylation is 1. The van der Waals surface area contributed by atoms with Gasteiger partial charge in [0.2, 0.25) is 5.95 Å². The number of hydrogen-bond acceptors (Lipinski definition) is 4. The lowest BCUT2D eigenvalue weighted by atomic mass is 9.98. The van der Waals surface area contributed by atoms with Gasteiger partial charge in [0.1, 0.15) is 0 Å². The summed E-state index contributed by atoms with van der Waals surface area (Å²) >= 11 is 0. The zero-order chi connectivity index (χ0) is 14.7. The van der Waals surface area contributed by atoms with Crippen LogP contribution in [0.4, 0.5) is 5.95 Å². The predicted octanol–water partition coefficient (Wildman–Crippen LogP) is 3.09. The van der Waals surface area contributed by atoms with Crippen LogP contribution in [0.1, 0.15) is 42.1 Å². The first-order valence-electron chi connectivity index (χ1n) is 7.60. The molecule has 21 heavy (non-hydrogen) atoms. The molecular formula is C17H22N4. The summed E-state index contributed by atoms with van der Waals surface area (Å²) in [6, 6.07) is 11.1. The van der Waals surface area contributed by atoms with Crippen molar-refractivity contribution in [2.45, 2.75) is 38.8 Å². The van der Waals surface area contributed by atoms with Gasteiger partial charge in [0, 0.05) is 12.7 Å². The molecule has 0 spiro atoms. The third kappa shape index (κ3) is 3.39. The Morgan fingerprint density at radius 2 is 2.00 bits per heavy atom. The van der Waals surface area contributed by atoms with Gasteiger partial charge in [0.05, 0.1) is 11.7 Å². The Labute approximate surface area is 126 Å². The fourth-order valence-corrected chi connectivity index (χ4v) is 3.02. The van der Waals surface area contributed by atoms with Crippen molar-refractivity contribution in [2.24, 2.45) is 0 Å². The second-order valence-corrected chi connectivity index (χ2v) is 5.81. The predicted molar refractivity (Wildman–Crippen MR) is 84.6 cm³/mol. The normalized spacial score (nSPS) is 19.6. The molecule has 0 unspecified atom stereocenters. The van der Waals surface area contributed by atoms with Crippen molar-refractivity contribution in [1.29, 1.82) is 0 Å². The topological polar surface area (TPSA) is 55.0 Å². The van der Waals surface area contributed by atoms with Crippen LogP contribution in [0.2, 0.25) is 0 Å². The lowest BCUT2D eigenvalue weighted by Gasteiger charge is -2.35. The van der Waals surface area contributed by atoms with E-state index in [9.17, 15) is 0 Å². The average Bonchev–Trinajstić information content (AvgIpc) is 2.50. The maximum Gasteiger partial charge on any atom is 0.220 e. The van der Waals surface area contributed by atoms with E-state index in [0.29, 0.717) is 12.0 Å². The highest BCUT2D eigenvalue weighted by Gasteiger charge is 2.25. The second-order valence-electron chi connectivity index (χ2n) is 5.81. The number of likely N-dealkylation sites (tertiary alicyclic amines) is 1. The molecule has 1 aliphatic heterocycles. The Morgan fingerprint density at radius 3 is 2.76 bits per heavy atom. The van der Waals surface area contributed by atoms with Gasteiger partial charge in [-0.05, 0) is 37.9 Å². The minimum Gasteiger partial charge on any atom is -0.368 e. The summed E-state index contributed by atoms with van der Waals surface area (Å²) in [7, 11) is 0. The highest BCUT2D eigenvalue weighted by Crippen LogP contribution is 2.31.